The van der Waals surface area contributed by atoms with Gasteiger partial charge in [-0.3, -0.25) is 4.79 Å². The van der Waals surface area contributed by atoms with Gasteiger partial charge < -0.3 is 16.7 Å². The first-order chi connectivity index (χ1) is 14.0. The lowest BCUT2D eigenvalue weighted by atomic mass is 10.0. The molecule has 0 radical (unpaired) electrons. The minimum absolute atomic E-state index is 0.0871. The molecule has 148 valence electrons. The van der Waals surface area contributed by atoms with Crippen molar-refractivity contribution in [2.24, 2.45) is 21.8 Å². The maximum absolute atomic E-state index is 12.2. The molecule has 0 aromatic heterocycles. The van der Waals surface area contributed by atoms with Crippen LogP contribution in [-0.2, 0) is 5.75 Å². The molecule has 0 unspecified atom stereocenters. The molecule has 29 heavy (non-hydrogen) atoms. The second kappa shape index (κ2) is 9.31. The first-order valence-electron chi connectivity index (χ1n) is 8.48. The van der Waals surface area contributed by atoms with Crippen LogP contribution in [0.15, 0.2) is 64.8 Å². The number of nitrogens with zero attached hydrogens (tertiary/aromatic N) is 2. The number of hydrogen-bond donors (Lipinski definition) is 4. The zero-order valence-electron chi connectivity index (χ0n) is 15.2. The Morgan fingerprint density at radius 3 is 2.66 bits per heavy atom. The Morgan fingerprint density at radius 2 is 1.93 bits per heavy atom. The molecular formula is C20H18ClN5O2S. The van der Waals surface area contributed by atoms with Crippen LogP contribution in [0.3, 0.4) is 0 Å². The van der Waals surface area contributed by atoms with Crippen LogP contribution in [0.25, 0.3) is 10.8 Å². The number of halogens is 1. The van der Waals surface area contributed by atoms with Crippen LogP contribution >= 0.6 is 23.4 Å². The number of rotatable bonds is 5. The third-order valence-corrected chi connectivity index (χ3v) is 5.29. The van der Waals surface area contributed by atoms with Crippen molar-refractivity contribution in [3.05, 3.63) is 76.3 Å². The van der Waals surface area contributed by atoms with E-state index < -0.39 is 5.91 Å². The second-order valence-electron chi connectivity index (χ2n) is 5.98. The Balaban J connectivity index is 1.79. The van der Waals surface area contributed by atoms with Crippen molar-refractivity contribution in [1.82, 2.24) is 5.43 Å². The molecule has 0 bridgehead atoms. The molecule has 0 heterocycles. The standard InChI is InChI=1S/C20H18ClN5O2S/c21-17-9-12(7-8-18(17)27)19(28)26-24-10-13-5-6-14(11-29-20(22)25-23)16-4-2-1-3-15(13)16/h1-10,27H,11,23H2,(H2,22,25)(H,26,28)/b24-10+. The van der Waals surface area contributed by atoms with Crippen molar-refractivity contribution >= 4 is 51.4 Å². The SMILES string of the molecule is N/N=C(\N)SCc1ccc(/C=N/NC(=O)c2ccc(O)c(Cl)c2)c2ccccc12. The van der Waals surface area contributed by atoms with E-state index in [1.165, 1.54) is 30.0 Å². The number of carbonyl (C=O) groups excluding carboxylic acids is 1. The number of nitrogens with one attached hydrogen (secondary N) is 1. The van der Waals surface area contributed by atoms with Crippen LogP contribution in [-0.4, -0.2) is 22.4 Å². The minimum atomic E-state index is -0.433. The van der Waals surface area contributed by atoms with E-state index in [9.17, 15) is 9.90 Å². The van der Waals surface area contributed by atoms with E-state index in [2.05, 4.69) is 15.6 Å². The number of thioether (sulfide) groups is 1. The van der Waals surface area contributed by atoms with E-state index in [0.29, 0.717) is 16.5 Å². The van der Waals surface area contributed by atoms with E-state index in [-0.39, 0.29) is 10.8 Å². The average molecular weight is 428 g/mol. The normalized spacial score (nSPS) is 11.8. The fourth-order valence-corrected chi connectivity index (χ4v) is 3.50. The van der Waals surface area contributed by atoms with Gasteiger partial charge in [0, 0.05) is 16.9 Å². The number of hydrogen-bond acceptors (Lipinski definition) is 6. The number of amides is 1. The van der Waals surface area contributed by atoms with E-state index >= 15 is 0 Å². The first-order valence-corrected chi connectivity index (χ1v) is 9.84. The number of benzene rings is 3. The van der Waals surface area contributed by atoms with Crippen LogP contribution in [0.1, 0.15) is 21.5 Å². The lowest BCUT2D eigenvalue weighted by Crippen LogP contribution is -2.17. The number of amidine groups is 1. The average Bonchev–Trinajstić information content (AvgIpc) is 2.74. The van der Waals surface area contributed by atoms with Crippen LogP contribution in [0.4, 0.5) is 0 Å². The highest BCUT2D eigenvalue weighted by atomic mass is 35.5. The molecule has 0 spiro atoms. The first kappa shape index (κ1) is 20.5. The van der Waals surface area contributed by atoms with Crippen molar-refractivity contribution in [2.75, 3.05) is 0 Å². The van der Waals surface area contributed by atoms with Gasteiger partial charge in [0.25, 0.3) is 5.91 Å². The van der Waals surface area contributed by atoms with Gasteiger partial charge in [0.15, 0.2) is 5.17 Å². The zero-order chi connectivity index (χ0) is 20.8. The third kappa shape index (κ3) is 4.98. The van der Waals surface area contributed by atoms with Crippen LogP contribution in [0.5, 0.6) is 5.75 Å². The number of phenolic OH excluding ortho intramolecular Hbond substituents is 1. The molecule has 3 aromatic rings. The quantitative estimate of drug-likeness (QED) is 0.215. The molecule has 1 amide bonds. The summed E-state index contributed by atoms with van der Waals surface area (Å²) in [6.07, 6.45) is 1.58. The Hall–Kier alpha value is -3.23. The van der Waals surface area contributed by atoms with E-state index in [1.54, 1.807) is 6.21 Å². The molecule has 3 rings (SSSR count). The summed E-state index contributed by atoms with van der Waals surface area (Å²) in [5.41, 5.74) is 10.3. The summed E-state index contributed by atoms with van der Waals surface area (Å²) in [7, 11) is 0. The van der Waals surface area contributed by atoms with Gasteiger partial charge in [-0.1, -0.05) is 59.8 Å². The predicted molar refractivity (Wildman–Crippen MR) is 119 cm³/mol. The summed E-state index contributed by atoms with van der Waals surface area (Å²) < 4.78 is 0. The Kier molecular flexibility index (Phi) is 6.58. The Bertz CT molecular complexity index is 1120. The monoisotopic (exact) mass is 427 g/mol. The van der Waals surface area contributed by atoms with E-state index in [1.807, 2.05) is 36.4 Å². The Morgan fingerprint density at radius 1 is 1.17 bits per heavy atom. The molecule has 3 aromatic carbocycles. The van der Waals surface area contributed by atoms with Gasteiger partial charge in [-0.25, -0.2) is 5.43 Å². The topological polar surface area (TPSA) is 126 Å². The fraction of sp³-hybridized carbons (Fsp3) is 0.0500. The van der Waals surface area contributed by atoms with Crippen LogP contribution in [0.2, 0.25) is 5.02 Å². The summed E-state index contributed by atoms with van der Waals surface area (Å²) in [5.74, 6) is 5.29. The van der Waals surface area contributed by atoms with Crippen LogP contribution < -0.4 is 17.0 Å². The van der Waals surface area contributed by atoms with Gasteiger partial charge in [-0.15, -0.1) is 0 Å². The summed E-state index contributed by atoms with van der Waals surface area (Å²) >= 11 is 7.19. The zero-order valence-corrected chi connectivity index (χ0v) is 16.7. The van der Waals surface area contributed by atoms with Gasteiger partial charge in [-0.05, 0) is 34.5 Å². The molecule has 0 saturated carbocycles. The smallest absolute Gasteiger partial charge is 0.271 e. The molecular weight excluding hydrogens is 410 g/mol. The number of hydrazone groups is 2. The van der Waals surface area contributed by atoms with Gasteiger partial charge in [0.05, 0.1) is 11.2 Å². The second-order valence-corrected chi connectivity index (χ2v) is 7.38. The molecule has 0 aliphatic carbocycles. The number of aromatic hydroxyl groups is 1. The maximum atomic E-state index is 12.2. The summed E-state index contributed by atoms with van der Waals surface area (Å²) in [6.45, 7) is 0. The number of fused-ring (bicyclic) bond motifs is 1. The van der Waals surface area contributed by atoms with Crippen molar-refractivity contribution in [3.8, 4) is 5.75 Å². The largest absolute Gasteiger partial charge is 0.506 e. The number of phenols is 1. The lowest BCUT2D eigenvalue weighted by molar-refractivity contribution is 0.0955. The number of carbonyl (C=O) groups is 1. The minimum Gasteiger partial charge on any atom is -0.506 e. The number of nitrogens with two attached hydrogens (primary N) is 2. The molecule has 0 aliphatic heterocycles. The molecule has 0 saturated heterocycles. The molecule has 0 fully saturated rings. The van der Waals surface area contributed by atoms with Gasteiger partial charge in [0.1, 0.15) is 5.75 Å². The van der Waals surface area contributed by atoms with Gasteiger partial charge in [-0.2, -0.15) is 10.2 Å². The summed E-state index contributed by atoms with van der Waals surface area (Å²) in [5, 5.41) is 19.4. The van der Waals surface area contributed by atoms with Crippen LogP contribution in [0, 0.1) is 0 Å². The molecule has 7 nitrogen and oxygen atoms in total. The Labute approximate surface area is 176 Å². The molecule has 6 N–H and O–H groups in total. The molecule has 0 atom stereocenters. The van der Waals surface area contributed by atoms with Gasteiger partial charge in [0.2, 0.25) is 0 Å². The third-order valence-electron chi connectivity index (χ3n) is 4.13. The van der Waals surface area contributed by atoms with Crippen molar-refractivity contribution in [3.63, 3.8) is 0 Å². The van der Waals surface area contributed by atoms with E-state index in [4.69, 9.17) is 23.2 Å². The predicted octanol–water partition coefficient (Wildman–Crippen LogP) is 3.38. The highest BCUT2D eigenvalue weighted by molar-refractivity contribution is 8.13. The lowest BCUT2D eigenvalue weighted by Gasteiger charge is -2.09. The highest BCUT2D eigenvalue weighted by Crippen LogP contribution is 2.26. The summed E-state index contributed by atoms with van der Waals surface area (Å²) in [4.78, 5) is 12.2. The summed E-state index contributed by atoms with van der Waals surface area (Å²) in [6, 6.07) is 16.0. The van der Waals surface area contributed by atoms with Crippen molar-refractivity contribution in [2.45, 2.75) is 5.75 Å². The maximum Gasteiger partial charge on any atom is 0.271 e. The van der Waals surface area contributed by atoms with Crippen molar-refractivity contribution < 1.29 is 9.90 Å². The van der Waals surface area contributed by atoms with E-state index in [0.717, 1.165) is 21.9 Å². The van der Waals surface area contributed by atoms with Gasteiger partial charge >= 0.3 is 0 Å². The van der Waals surface area contributed by atoms with Crippen molar-refractivity contribution in [1.29, 1.82) is 0 Å². The fourth-order valence-electron chi connectivity index (χ4n) is 2.69. The molecule has 9 heteroatoms. The molecule has 0 aliphatic rings. The highest BCUT2D eigenvalue weighted by Gasteiger charge is 2.08.